The van der Waals surface area contributed by atoms with Crippen LogP contribution in [-0.4, -0.2) is 20.8 Å². The maximum atomic E-state index is 13.8. The summed E-state index contributed by atoms with van der Waals surface area (Å²) in [7, 11) is 2.96. The average molecular weight is 213 g/mol. The Bertz CT molecular complexity index is 342. The Labute approximate surface area is 89.0 Å². The van der Waals surface area contributed by atoms with Crippen LogP contribution in [0, 0.1) is 5.82 Å². The quantitative estimate of drug-likeness (QED) is 0.830. The molecule has 0 saturated heterocycles. The van der Waals surface area contributed by atoms with E-state index in [0.29, 0.717) is 17.9 Å². The molecule has 4 heteroatoms. The van der Waals surface area contributed by atoms with E-state index < -0.39 is 0 Å². The van der Waals surface area contributed by atoms with Crippen LogP contribution in [0.2, 0.25) is 0 Å². The molecule has 0 fully saturated rings. The van der Waals surface area contributed by atoms with Gasteiger partial charge in [-0.25, -0.2) is 4.39 Å². The highest BCUT2D eigenvalue weighted by molar-refractivity contribution is 5.41. The van der Waals surface area contributed by atoms with Crippen LogP contribution in [0.1, 0.15) is 18.4 Å². The van der Waals surface area contributed by atoms with Crippen molar-refractivity contribution in [3.63, 3.8) is 0 Å². The third-order valence-electron chi connectivity index (χ3n) is 2.38. The molecule has 15 heavy (non-hydrogen) atoms. The van der Waals surface area contributed by atoms with Crippen molar-refractivity contribution in [1.29, 1.82) is 0 Å². The van der Waals surface area contributed by atoms with E-state index in [2.05, 4.69) is 0 Å². The molecule has 2 N–H and O–H groups in total. The maximum absolute atomic E-state index is 13.8. The molecule has 0 aliphatic carbocycles. The highest BCUT2D eigenvalue weighted by Crippen LogP contribution is 2.31. The maximum Gasteiger partial charge on any atom is 0.168 e. The van der Waals surface area contributed by atoms with E-state index in [-0.39, 0.29) is 17.5 Å². The molecule has 1 unspecified atom stereocenters. The molecule has 0 radical (unpaired) electrons. The monoisotopic (exact) mass is 213 g/mol. The molecule has 0 aliphatic heterocycles. The van der Waals surface area contributed by atoms with Gasteiger partial charge in [-0.1, -0.05) is 6.92 Å². The standard InChI is InChI=1S/C11H16FNO2/c1-7(6-13)9-4-8(14-2)5-10(15-3)11(9)12/h4-5,7H,6,13H2,1-3H3. The summed E-state index contributed by atoms with van der Waals surface area (Å²) in [6.07, 6.45) is 0. The molecule has 1 atom stereocenters. The molecule has 0 heterocycles. The molecule has 0 amide bonds. The van der Waals surface area contributed by atoms with Gasteiger partial charge in [-0.3, -0.25) is 0 Å². The Morgan fingerprint density at radius 2 is 2.00 bits per heavy atom. The van der Waals surface area contributed by atoms with Crippen LogP contribution in [-0.2, 0) is 0 Å². The Hall–Kier alpha value is -1.29. The summed E-state index contributed by atoms with van der Waals surface area (Å²) in [4.78, 5) is 0. The third-order valence-corrected chi connectivity index (χ3v) is 2.38. The van der Waals surface area contributed by atoms with Crippen molar-refractivity contribution < 1.29 is 13.9 Å². The number of benzene rings is 1. The van der Waals surface area contributed by atoms with Gasteiger partial charge in [0.15, 0.2) is 11.6 Å². The van der Waals surface area contributed by atoms with Gasteiger partial charge in [-0.05, 0) is 24.1 Å². The molecule has 0 saturated carbocycles. The molecule has 0 bridgehead atoms. The summed E-state index contributed by atoms with van der Waals surface area (Å²) >= 11 is 0. The number of nitrogens with two attached hydrogens (primary N) is 1. The molecule has 84 valence electrons. The lowest BCUT2D eigenvalue weighted by Crippen LogP contribution is -2.11. The van der Waals surface area contributed by atoms with Crippen molar-refractivity contribution in [1.82, 2.24) is 0 Å². The van der Waals surface area contributed by atoms with E-state index in [1.165, 1.54) is 20.3 Å². The molecule has 1 aromatic carbocycles. The first kappa shape index (κ1) is 11.8. The van der Waals surface area contributed by atoms with E-state index in [1.807, 2.05) is 6.92 Å². The van der Waals surface area contributed by atoms with Gasteiger partial charge in [-0.2, -0.15) is 0 Å². The fourth-order valence-electron chi connectivity index (χ4n) is 1.35. The summed E-state index contributed by atoms with van der Waals surface area (Å²) < 4.78 is 23.8. The van der Waals surface area contributed by atoms with Gasteiger partial charge in [0, 0.05) is 6.07 Å². The van der Waals surface area contributed by atoms with Crippen molar-refractivity contribution in [2.24, 2.45) is 5.73 Å². The zero-order chi connectivity index (χ0) is 11.4. The average Bonchev–Trinajstić information content (AvgIpc) is 2.28. The van der Waals surface area contributed by atoms with Gasteiger partial charge < -0.3 is 15.2 Å². The van der Waals surface area contributed by atoms with Crippen molar-refractivity contribution in [3.05, 3.63) is 23.5 Å². The summed E-state index contributed by atoms with van der Waals surface area (Å²) in [5.41, 5.74) is 6.03. The Kier molecular flexibility index (Phi) is 3.91. The zero-order valence-electron chi connectivity index (χ0n) is 9.21. The Morgan fingerprint density at radius 3 is 2.47 bits per heavy atom. The van der Waals surface area contributed by atoms with Gasteiger partial charge in [-0.15, -0.1) is 0 Å². The summed E-state index contributed by atoms with van der Waals surface area (Å²) in [6.45, 7) is 2.24. The van der Waals surface area contributed by atoms with Crippen LogP contribution in [0.25, 0.3) is 0 Å². The third kappa shape index (κ3) is 2.39. The first-order chi connectivity index (χ1) is 7.13. The van der Waals surface area contributed by atoms with Crippen LogP contribution < -0.4 is 15.2 Å². The van der Waals surface area contributed by atoms with Gasteiger partial charge in [0.1, 0.15) is 5.75 Å². The Morgan fingerprint density at radius 1 is 1.33 bits per heavy atom. The minimum absolute atomic E-state index is 0.0611. The topological polar surface area (TPSA) is 44.5 Å². The summed E-state index contributed by atoms with van der Waals surface area (Å²) in [5, 5.41) is 0. The van der Waals surface area contributed by atoms with E-state index in [0.717, 1.165) is 0 Å². The highest BCUT2D eigenvalue weighted by atomic mass is 19.1. The van der Waals surface area contributed by atoms with Gasteiger partial charge >= 0.3 is 0 Å². The molecule has 0 spiro atoms. The number of halogens is 1. The van der Waals surface area contributed by atoms with Crippen LogP contribution in [0.15, 0.2) is 12.1 Å². The fourth-order valence-corrected chi connectivity index (χ4v) is 1.35. The molecular formula is C11H16FNO2. The summed E-state index contributed by atoms with van der Waals surface area (Å²) in [6, 6.07) is 3.16. The van der Waals surface area contributed by atoms with Crippen molar-refractivity contribution in [3.8, 4) is 11.5 Å². The lowest BCUT2D eigenvalue weighted by atomic mass is 10.00. The van der Waals surface area contributed by atoms with Crippen molar-refractivity contribution in [2.45, 2.75) is 12.8 Å². The highest BCUT2D eigenvalue weighted by Gasteiger charge is 2.16. The molecule has 0 aromatic heterocycles. The number of rotatable bonds is 4. The van der Waals surface area contributed by atoms with Crippen LogP contribution in [0.4, 0.5) is 4.39 Å². The molecular weight excluding hydrogens is 197 g/mol. The second-order valence-corrected chi connectivity index (χ2v) is 3.37. The Balaban J connectivity index is 3.23. The molecule has 1 aromatic rings. The number of hydrogen-bond acceptors (Lipinski definition) is 3. The second kappa shape index (κ2) is 4.98. The SMILES string of the molecule is COc1cc(OC)c(F)c(C(C)CN)c1. The van der Waals surface area contributed by atoms with E-state index in [9.17, 15) is 4.39 Å². The molecule has 0 aliphatic rings. The van der Waals surface area contributed by atoms with Crippen LogP contribution in [0.3, 0.4) is 0 Å². The lowest BCUT2D eigenvalue weighted by Gasteiger charge is -2.14. The zero-order valence-corrected chi connectivity index (χ0v) is 9.21. The van der Waals surface area contributed by atoms with E-state index in [1.54, 1.807) is 6.07 Å². The molecule has 3 nitrogen and oxygen atoms in total. The number of ether oxygens (including phenoxy) is 2. The predicted molar refractivity (Wildman–Crippen MR) is 57.0 cm³/mol. The fraction of sp³-hybridized carbons (Fsp3) is 0.455. The number of hydrogen-bond donors (Lipinski definition) is 1. The first-order valence-electron chi connectivity index (χ1n) is 4.75. The van der Waals surface area contributed by atoms with Gasteiger partial charge in [0.05, 0.1) is 14.2 Å². The minimum atomic E-state index is -0.365. The van der Waals surface area contributed by atoms with Crippen LogP contribution >= 0.6 is 0 Å². The van der Waals surface area contributed by atoms with Crippen LogP contribution in [0.5, 0.6) is 11.5 Å². The van der Waals surface area contributed by atoms with Gasteiger partial charge in [0.25, 0.3) is 0 Å². The smallest absolute Gasteiger partial charge is 0.168 e. The predicted octanol–water partition coefficient (Wildman–Crippen LogP) is 1.91. The number of methoxy groups -OCH3 is 2. The molecule has 1 rings (SSSR count). The minimum Gasteiger partial charge on any atom is -0.497 e. The first-order valence-corrected chi connectivity index (χ1v) is 4.75. The van der Waals surface area contributed by atoms with Gasteiger partial charge in [0.2, 0.25) is 0 Å². The van der Waals surface area contributed by atoms with E-state index >= 15 is 0 Å². The van der Waals surface area contributed by atoms with Crippen molar-refractivity contribution in [2.75, 3.05) is 20.8 Å². The second-order valence-electron chi connectivity index (χ2n) is 3.37. The van der Waals surface area contributed by atoms with E-state index in [4.69, 9.17) is 15.2 Å². The summed E-state index contributed by atoms with van der Waals surface area (Å²) in [5.74, 6) is 0.332. The normalized spacial score (nSPS) is 12.3. The van der Waals surface area contributed by atoms with Crippen molar-refractivity contribution >= 4 is 0 Å². The lowest BCUT2D eigenvalue weighted by molar-refractivity contribution is 0.369. The largest absolute Gasteiger partial charge is 0.497 e.